The van der Waals surface area contributed by atoms with Crippen LogP contribution in [0.15, 0.2) is 30.5 Å². The minimum absolute atomic E-state index is 0.0402. The molecule has 37 heavy (non-hydrogen) atoms. The van der Waals surface area contributed by atoms with Gasteiger partial charge in [-0.15, -0.1) is 0 Å². The van der Waals surface area contributed by atoms with Crippen LogP contribution < -0.4 is 21.7 Å². The van der Waals surface area contributed by atoms with Crippen molar-refractivity contribution in [2.45, 2.75) is 43.4 Å². The number of rotatable bonds is 15. The molecule has 1 aromatic carbocycles. The predicted molar refractivity (Wildman–Crippen MR) is 143 cm³/mol. The molecule has 12 nitrogen and oxygen atoms in total. The van der Waals surface area contributed by atoms with E-state index in [1.165, 1.54) is 11.8 Å². The van der Waals surface area contributed by atoms with Gasteiger partial charge in [0.05, 0.1) is 12.5 Å². The first kappa shape index (κ1) is 30.0. The third-order valence-corrected chi connectivity index (χ3v) is 6.52. The Morgan fingerprint density at radius 1 is 1.00 bits per heavy atom. The van der Waals surface area contributed by atoms with Crippen molar-refractivity contribution in [3.05, 3.63) is 36.0 Å². The second kappa shape index (κ2) is 14.5. The molecule has 14 heteroatoms. The zero-order valence-electron chi connectivity index (χ0n) is 20.1. The number of H-pyrrole nitrogens is 1. The van der Waals surface area contributed by atoms with Gasteiger partial charge in [0.2, 0.25) is 17.7 Å². The van der Waals surface area contributed by atoms with E-state index < -0.39 is 60.2 Å². The summed E-state index contributed by atoms with van der Waals surface area (Å²) in [6.45, 7) is 0. The average molecular weight is 554 g/mol. The third-order valence-electron chi connectivity index (χ3n) is 5.51. The van der Waals surface area contributed by atoms with Crippen molar-refractivity contribution < 1.29 is 34.2 Å². The van der Waals surface area contributed by atoms with Crippen molar-refractivity contribution in [3.63, 3.8) is 0 Å². The van der Waals surface area contributed by atoms with Crippen LogP contribution in [-0.4, -0.2) is 86.8 Å². The number of thioether (sulfide) groups is 1. The third kappa shape index (κ3) is 8.98. The standard InChI is InChI=1S/C23H31N5O7S2/c1-37-7-6-14(24)20(31)26-17(9-19(29)30)22(33)27-16(21(32)28-18(11-36)23(34)35)8-12-10-25-15-5-3-2-4-13(12)15/h2-5,10,14,16-18,25,36H,6-9,11,24H2,1H3,(H,26,31)(H,27,33)(H,28,32)(H,29,30)(H,34,35). The Hall–Kier alpha value is -3.23. The second-order valence-corrected chi connectivity index (χ2v) is 9.60. The lowest BCUT2D eigenvalue weighted by Gasteiger charge is -2.24. The molecule has 8 N–H and O–H groups in total. The summed E-state index contributed by atoms with van der Waals surface area (Å²) in [7, 11) is 0. The van der Waals surface area contributed by atoms with E-state index in [4.69, 9.17) is 5.73 Å². The highest BCUT2D eigenvalue weighted by Gasteiger charge is 2.31. The first-order valence-corrected chi connectivity index (χ1v) is 13.4. The number of hydrogen-bond donors (Lipinski definition) is 8. The summed E-state index contributed by atoms with van der Waals surface area (Å²) in [4.78, 5) is 64.5. The van der Waals surface area contributed by atoms with Gasteiger partial charge in [-0.3, -0.25) is 19.2 Å². The molecule has 0 fully saturated rings. The van der Waals surface area contributed by atoms with E-state index in [1.807, 2.05) is 24.5 Å². The summed E-state index contributed by atoms with van der Waals surface area (Å²) in [6.07, 6.45) is 3.03. The van der Waals surface area contributed by atoms with Crippen molar-refractivity contribution in [2.24, 2.45) is 5.73 Å². The van der Waals surface area contributed by atoms with Gasteiger partial charge in [0.1, 0.15) is 18.1 Å². The molecule has 2 aromatic rings. The monoisotopic (exact) mass is 553 g/mol. The van der Waals surface area contributed by atoms with E-state index in [0.717, 1.165) is 10.9 Å². The van der Waals surface area contributed by atoms with Crippen LogP contribution in [0.1, 0.15) is 18.4 Å². The molecule has 1 aromatic heterocycles. The summed E-state index contributed by atoms with van der Waals surface area (Å²) in [5, 5.41) is 26.5. The van der Waals surface area contributed by atoms with E-state index >= 15 is 0 Å². The Morgan fingerprint density at radius 3 is 2.24 bits per heavy atom. The number of carboxylic acids is 2. The normalized spacial score (nSPS) is 14.2. The fraction of sp³-hybridized carbons (Fsp3) is 0.435. The van der Waals surface area contributed by atoms with Gasteiger partial charge < -0.3 is 36.9 Å². The fourth-order valence-corrected chi connectivity index (χ4v) is 4.24. The first-order chi connectivity index (χ1) is 17.6. The highest BCUT2D eigenvalue weighted by Crippen LogP contribution is 2.19. The van der Waals surface area contributed by atoms with E-state index in [-0.39, 0.29) is 12.2 Å². The number of para-hydroxylation sites is 1. The Morgan fingerprint density at radius 2 is 1.62 bits per heavy atom. The van der Waals surface area contributed by atoms with Crippen LogP contribution in [0.4, 0.5) is 0 Å². The van der Waals surface area contributed by atoms with Crippen molar-refractivity contribution in [2.75, 3.05) is 17.8 Å². The fourth-order valence-electron chi connectivity index (χ4n) is 3.50. The lowest BCUT2D eigenvalue weighted by molar-refractivity contribution is -0.142. The van der Waals surface area contributed by atoms with Crippen LogP contribution in [-0.2, 0) is 30.4 Å². The molecular weight excluding hydrogens is 522 g/mol. The van der Waals surface area contributed by atoms with Gasteiger partial charge in [-0.1, -0.05) is 18.2 Å². The molecule has 202 valence electrons. The lowest BCUT2D eigenvalue weighted by atomic mass is 10.0. The number of aromatic nitrogens is 1. The molecule has 0 aliphatic rings. The Kier molecular flexibility index (Phi) is 11.8. The molecule has 0 bridgehead atoms. The number of aromatic amines is 1. The van der Waals surface area contributed by atoms with E-state index in [9.17, 15) is 34.2 Å². The number of nitrogens with two attached hydrogens (primary N) is 1. The van der Waals surface area contributed by atoms with Gasteiger partial charge in [-0.25, -0.2) is 4.79 Å². The Balaban J connectivity index is 2.28. The highest BCUT2D eigenvalue weighted by molar-refractivity contribution is 7.98. The topological polar surface area (TPSA) is 204 Å². The van der Waals surface area contributed by atoms with E-state index in [1.54, 1.807) is 12.3 Å². The van der Waals surface area contributed by atoms with Crippen molar-refractivity contribution >= 4 is 65.0 Å². The Bertz CT molecular complexity index is 1130. The van der Waals surface area contributed by atoms with Gasteiger partial charge in [0.25, 0.3) is 0 Å². The molecule has 0 saturated heterocycles. The number of thiol groups is 1. The molecule has 0 saturated carbocycles. The summed E-state index contributed by atoms with van der Waals surface area (Å²) in [5.74, 6) is -4.70. The summed E-state index contributed by atoms with van der Waals surface area (Å²) >= 11 is 5.42. The number of benzene rings is 1. The summed E-state index contributed by atoms with van der Waals surface area (Å²) in [6, 6.07) is 2.20. The van der Waals surface area contributed by atoms with Crippen molar-refractivity contribution in [1.29, 1.82) is 0 Å². The number of hydrogen-bond acceptors (Lipinski definition) is 8. The predicted octanol–water partition coefficient (Wildman–Crippen LogP) is -0.266. The number of nitrogens with one attached hydrogen (secondary N) is 4. The Labute approximate surface area is 222 Å². The van der Waals surface area contributed by atoms with Crippen LogP contribution >= 0.6 is 24.4 Å². The number of aliphatic carboxylic acids is 2. The second-order valence-electron chi connectivity index (χ2n) is 8.25. The quantitative estimate of drug-likeness (QED) is 0.137. The molecule has 2 rings (SSSR count). The lowest BCUT2D eigenvalue weighted by Crippen LogP contribution is -2.58. The maximum atomic E-state index is 13.1. The van der Waals surface area contributed by atoms with Gasteiger partial charge >= 0.3 is 11.9 Å². The maximum absolute atomic E-state index is 13.1. The number of carbonyl (C=O) groups is 5. The molecule has 0 radical (unpaired) electrons. The SMILES string of the molecule is CSCCC(N)C(=O)NC(CC(=O)O)C(=O)NC(Cc1c[nH]c2ccccc12)C(=O)NC(CS)C(=O)O. The summed E-state index contributed by atoms with van der Waals surface area (Å²) in [5.41, 5.74) is 7.29. The minimum Gasteiger partial charge on any atom is -0.481 e. The van der Waals surface area contributed by atoms with Crippen LogP contribution in [0, 0.1) is 0 Å². The molecule has 0 spiro atoms. The highest BCUT2D eigenvalue weighted by atomic mass is 32.2. The van der Waals surface area contributed by atoms with E-state index in [2.05, 4.69) is 33.6 Å². The van der Waals surface area contributed by atoms with Gasteiger partial charge in [-0.2, -0.15) is 24.4 Å². The molecule has 3 amide bonds. The number of carbonyl (C=O) groups excluding carboxylic acids is 3. The minimum atomic E-state index is -1.51. The first-order valence-electron chi connectivity index (χ1n) is 11.3. The molecule has 1 heterocycles. The van der Waals surface area contributed by atoms with Crippen molar-refractivity contribution in [3.8, 4) is 0 Å². The van der Waals surface area contributed by atoms with E-state index in [0.29, 0.717) is 17.7 Å². The van der Waals surface area contributed by atoms with Gasteiger partial charge in [0.15, 0.2) is 0 Å². The van der Waals surface area contributed by atoms with Crippen LogP contribution in [0.5, 0.6) is 0 Å². The molecule has 0 aliphatic heterocycles. The number of fused-ring (bicyclic) bond motifs is 1. The van der Waals surface area contributed by atoms with Crippen LogP contribution in [0.2, 0.25) is 0 Å². The van der Waals surface area contributed by atoms with Crippen molar-refractivity contribution in [1.82, 2.24) is 20.9 Å². The summed E-state index contributed by atoms with van der Waals surface area (Å²) < 4.78 is 0. The maximum Gasteiger partial charge on any atom is 0.327 e. The number of amides is 3. The zero-order chi connectivity index (χ0) is 27.5. The molecule has 4 atom stereocenters. The molecule has 0 aliphatic carbocycles. The average Bonchev–Trinajstić information content (AvgIpc) is 3.26. The smallest absolute Gasteiger partial charge is 0.327 e. The molecular formula is C23H31N5O7S2. The van der Waals surface area contributed by atoms with Crippen LogP contribution in [0.25, 0.3) is 10.9 Å². The molecule has 4 unspecified atom stereocenters. The zero-order valence-corrected chi connectivity index (χ0v) is 21.8. The largest absolute Gasteiger partial charge is 0.481 e. The number of carboxylic acid groups (broad SMARTS) is 2. The van der Waals surface area contributed by atoms with Crippen LogP contribution in [0.3, 0.4) is 0 Å². The van der Waals surface area contributed by atoms with Gasteiger partial charge in [0, 0.05) is 29.3 Å². The van der Waals surface area contributed by atoms with Gasteiger partial charge in [-0.05, 0) is 30.1 Å².